The number of nitrogens with zero attached hydrogens (tertiary/aromatic N) is 1. The molecule has 0 aliphatic heterocycles. The Morgan fingerprint density at radius 3 is 2.81 bits per heavy atom. The molecule has 1 aromatic rings. The summed E-state index contributed by atoms with van der Waals surface area (Å²) in [5.74, 6) is 3.49. The van der Waals surface area contributed by atoms with Gasteiger partial charge >= 0.3 is 0 Å². The van der Waals surface area contributed by atoms with Gasteiger partial charge < -0.3 is 4.84 Å². The molecule has 0 amide bonds. The Labute approximate surface area is 141 Å². The molecule has 21 heavy (non-hydrogen) atoms. The van der Waals surface area contributed by atoms with Gasteiger partial charge in [0.2, 0.25) is 0 Å². The minimum absolute atomic E-state index is 0.754. The van der Waals surface area contributed by atoms with E-state index in [4.69, 9.17) is 4.84 Å². The number of rotatable bonds is 5. The average Bonchev–Trinajstić information content (AvgIpc) is 2.89. The first-order valence-corrected chi connectivity index (χ1v) is 9.16. The third kappa shape index (κ3) is 3.61. The predicted molar refractivity (Wildman–Crippen MR) is 95.6 cm³/mol. The van der Waals surface area contributed by atoms with Crippen molar-refractivity contribution in [1.29, 1.82) is 0 Å². The van der Waals surface area contributed by atoms with Gasteiger partial charge in [-0.2, -0.15) is 0 Å². The molecule has 1 aromatic carbocycles. The number of oxime groups is 1. The van der Waals surface area contributed by atoms with Crippen LogP contribution in [0.4, 0.5) is 0 Å². The lowest BCUT2D eigenvalue weighted by Gasteiger charge is -2.37. The SMILES string of the molecule is CON=CCC[C@@H]1[C@H]2CCC(C2)C[C@H]1c1ccc(I)cc1. The summed E-state index contributed by atoms with van der Waals surface area (Å²) in [6.07, 6.45) is 9.98. The Morgan fingerprint density at radius 1 is 1.24 bits per heavy atom. The maximum absolute atomic E-state index is 4.79. The number of hydrogen-bond acceptors (Lipinski definition) is 2. The number of benzene rings is 1. The molecular weight excluding hydrogens is 373 g/mol. The third-order valence-corrected chi connectivity index (χ3v) is 6.12. The van der Waals surface area contributed by atoms with E-state index in [0.29, 0.717) is 0 Å². The molecule has 1 unspecified atom stereocenters. The van der Waals surface area contributed by atoms with Crippen LogP contribution in [0.2, 0.25) is 0 Å². The number of hydrogen-bond donors (Lipinski definition) is 0. The second-order valence-electron chi connectivity index (χ2n) is 6.54. The molecule has 2 fully saturated rings. The van der Waals surface area contributed by atoms with Crippen molar-refractivity contribution in [3.8, 4) is 0 Å². The van der Waals surface area contributed by atoms with Crippen molar-refractivity contribution in [2.45, 2.75) is 44.4 Å². The highest BCUT2D eigenvalue weighted by molar-refractivity contribution is 14.1. The van der Waals surface area contributed by atoms with Gasteiger partial charge in [-0.05, 0) is 96.1 Å². The topological polar surface area (TPSA) is 21.6 Å². The van der Waals surface area contributed by atoms with Crippen LogP contribution in [0, 0.1) is 21.3 Å². The Hall–Kier alpha value is -0.580. The van der Waals surface area contributed by atoms with E-state index in [1.165, 1.54) is 35.7 Å². The first kappa shape index (κ1) is 15.3. The summed E-state index contributed by atoms with van der Waals surface area (Å²) in [5, 5.41) is 3.90. The summed E-state index contributed by atoms with van der Waals surface area (Å²) in [5.41, 5.74) is 1.56. The molecule has 2 bridgehead atoms. The van der Waals surface area contributed by atoms with Gasteiger partial charge in [-0.25, -0.2) is 0 Å². The van der Waals surface area contributed by atoms with E-state index in [1.807, 2.05) is 6.21 Å². The fourth-order valence-electron chi connectivity index (χ4n) is 4.50. The molecule has 2 aliphatic rings. The smallest absolute Gasteiger partial charge is 0.106 e. The first-order chi connectivity index (χ1) is 10.3. The first-order valence-electron chi connectivity index (χ1n) is 8.08. The molecule has 114 valence electrons. The van der Waals surface area contributed by atoms with Gasteiger partial charge in [-0.1, -0.05) is 23.7 Å². The molecule has 0 radical (unpaired) electrons. The van der Waals surface area contributed by atoms with E-state index in [-0.39, 0.29) is 0 Å². The summed E-state index contributed by atoms with van der Waals surface area (Å²) in [6, 6.07) is 9.23. The highest BCUT2D eigenvalue weighted by Gasteiger charge is 2.41. The van der Waals surface area contributed by atoms with Crippen LogP contribution in [0.25, 0.3) is 0 Å². The van der Waals surface area contributed by atoms with Crippen molar-refractivity contribution in [3.63, 3.8) is 0 Å². The van der Waals surface area contributed by atoms with Gasteiger partial charge in [0, 0.05) is 9.78 Å². The van der Waals surface area contributed by atoms with E-state index < -0.39 is 0 Å². The zero-order valence-electron chi connectivity index (χ0n) is 12.7. The van der Waals surface area contributed by atoms with E-state index in [0.717, 1.165) is 30.1 Å². The van der Waals surface area contributed by atoms with Crippen LogP contribution in [0.15, 0.2) is 29.4 Å². The fourth-order valence-corrected chi connectivity index (χ4v) is 4.86. The van der Waals surface area contributed by atoms with Crippen LogP contribution in [0.3, 0.4) is 0 Å². The normalized spacial score (nSPS) is 31.7. The van der Waals surface area contributed by atoms with E-state index in [9.17, 15) is 0 Å². The van der Waals surface area contributed by atoms with E-state index in [2.05, 4.69) is 52.0 Å². The fraction of sp³-hybridized carbons (Fsp3) is 0.611. The minimum atomic E-state index is 0.754. The molecule has 2 aliphatic carbocycles. The second-order valence-corrected chi connectivity index (χ2v) is 7.79. The lowest BCUT2D eigenvalue weighted by Crippen LogP contribution is -2.26. The summed E-state index contributed by atoms with van der Waals surface area (Å²) >= 11 is 2.39. The molecule has 0 N–H and O–H groups in total. The average molecular weight is 397 g/mol. The van der Waals surface area contributed by atoms with Crippen molar-refractivity contribution in [2.24, 2.45) is 22.9 Å². The number of fused-ring (bicyclic) bond motifs is 2. The largest absolute Gasteiger partial charge is 0.399 e. The lowest BCUT2D eigenvalue weighted by atomic mass is 9.68. The molecule has 4 atom stereocenters. The summed E-state index contributed by atoms with van der Waals surface area (Å²) < 4.78 is 1.33. The van der Waals surface area contributed by atoms with Crippen LogP contribution in [0.1, 0.15) is 50.0 Å². The molecule has 0 spiro atoms. The van der Waals surface area contributed by atoms with Crippen LogP contribution in [0.5, 0.6) is 0 Å². The predicted octanol–water partition coefficient (Wildman–Crippen LogP) is 5.22. The monoisotopic (exact) mass is 397 g/mol. The Morgan fingerprint density at radius 2 is 2.05 bits per heavy atom. The van der Waals surface area contributed by atoms with Crippen molar-refractivity contribution in [3.05, 3.63) is 33.4 Å². The van der Waals surface area contributed by atoms with Gasteiger partial charge in [0.05, 0.1) is 0 Å². The van der Waals surface area contributed by atoms with Crippen LogP contribution >= 0.6 is 22.6 Å². The Kier molecular flexibility index (Phi) is 5.19. The standard InChI is InChI=1S/C18H24INO/c1-21-20-10-2-3-17-15-5-4-13(11-15)12-18(17)14-6-8-16(19)9-7-14/h6-10,13,15,17-18H,2-5,11-12H2,1H3/t13?,15-,17+,18-/m0/s1. The molecule has 0 aromatic heterocycles. The second kappa shape index (κ2) is 7.12. The molecule has 3 rings (SSSR count). The molecule has 2 nitrogen and oxygen atoms in total. The van der Waals surface area contributed by atoms with Crippen molar-refractivity contribution in [1.82, 2.24) is 0 Å². The lowest BCUT2D eigenvalue weighted by molar-refractivity contribution is 0.196. The van der Waals surface area contributed by atoms with E-state index >= 15 is 0 Å². The summed E-state index contributed by atoms with van der Waals surface area (Å²) in [4.78, 5) is 4.79. The maximum atomic E-state index is 4.79. The van der Waals surface area contributed by atoms with Crippen molar-refractivity contribution in [2.75, 3.05) is 7.11 Å². The highest BCUT2D eigenvalue weighted by atomic mass is 127. The third-order valence-electron chi connectivity index (χ3n) is 5.40. The molecule has 3 heteroatoms. The quantitative estimate of drug-likeness (QED) is 0.379. The van der Waals surface area contributed by atoms with Gasteiger partial charge in [0.15, 0.2) is 0 Å². The van der Waals surface area contributed by atoms with Gasteiger partial charge in [-0.15, -0.1) is 0 Å². The molecule has 0 heterocycles. The molecule has 0 saturated heterocycles. The van der Waals surface area contributed by atoms with Gasteiger partial charge in [-0.3, -0.25) is 0 Å². The van der Waals surface area contributed by atoms with Crippen molar-refractivity contribution >= 4 is 28.8 Å². The minimum Gasteiger partial charge on any atom is -0.399 e. The zero-order chi connectivity index (χ0) is 14.7. The summed E-state index contributed by atoms with van der Waals surface area (Å²) in [6.45, 7) is 0. The van der Waals surface area contributed by atoms with Crippen molar-refractivity contribution < 1.29 is 4.84 Å². The van der Waals surface area contributed by atoms with Crippen LogP contribution in [-0.2, 0) is 4.84 Å². The Bertz CT molecular complexity index is 484. The molecule has 2 saturated carbocycles. The maximum Gasteiger partial charge on any atom is 0.106 e. The van der Waals surface area contributed by atoms with Gasteiger partial charge in [0.25, 0.3) is 0 Å². The zero-order valence-corrected chi connectivity index (χ0v) is 14.8. The van der Waals surface area contributed by atoms with E-state index in [1.54, 1.807) is 12.7 Å². The van der Waals surface area contributed by atoms with Crippen LogP contribution < -0.4 is 0 Å². The Balaban J connectivity index is 1.75. The molecular formula is C18H24INO. The van der Waals surface area contributed by atoms with Gasteiger partial charge in [0.1, 0.15) is 7.11 Å². The summed E-state index contributed by atoms with van der Waals surface area (Å²) in [7, 11) is 1.62. The number of halogens is 1. The van der Waals surface area contributed by atoms with Crippen LogP contribution in [-0.4, -0.2) is 13.3 Å². The highest BCUT2D eigenvalue weighted by Crippen LogP contribution is 2.53.